The minimum Gasteiger partial charge on any atom is -0.353 e. The van der Waals surface area contributed by atoms with Gasteiger partial charge < -0.3 is 10.6 Å². The van der Waals surface area contributed by atoms with Gasteiger partial charge in [0, 0.05) is 17.5 Å². The van der Waals surface area contributed by atoms with Crippen LogP contribution in [0.15, 0.2) is 54.6 Å². The average molecular weight is 379 g/mol. The van der Waals surface area contributed by atoms with Gasteiger partial charge in [-0.2, -0.15) is 0 Å². The molecule has 0 heterocycles. The molecule has 1 fully saturated rings. The topological polar surface area (TPSA) is 58.2 Å². The molecule has 1 aliphatic carbocycles. The Kier molecular flexibility index (Phi) is 6.18. The predicted molar refractivity (Wildman–Crippen MR) is 112 cm³/mol. The smallest absolute Gasteiger partial charge is 0.251 e. The van der Waals surface area contributed by atoms with Crippen molar-refractivity contribution in [3.05, 3.63) is 71.3 Å². The quantitative estimate of drug-likeness (QED) is 0.765. The van der Waals surface area contributed by atoms with Crippen molar-refractivity contribution in [2.45, 2.75) is 51.5 Å². The summed E-state index contributed by atoms with van der Waals surface area (Å²) in [5, 5.41) is 6.04. The van der Waals surface area contributed by atoms with Crippen LogP contribution in [0.1, 0.15) is 54.6 Å². The van der Waals surface area contributed by atoms with Gasteiger partial charge in [-0.1, -0.05) is 68.3 Å². The molecule has 4 heteroatoms. The molecular weight excluding hydrogens is 348 g/mol. The normalized spacial score (nSPS) is 16.1. The summed E-state index contributed by atoms with van der Waals surface area (Å²) in [6, 6.07) is 17.3. The first-order chi connectivity index (χ1) is 13.4. The summed E-state index contributed by atoms with van der Waals surface area (Å²) in [4.78, 5) is 25.5. The summed E-state index contributed by atoms with van der Waals surface area (Å²) in [5.41, 5.74) is 2.91. The molecule has 1 unspecified atom stereocenters. The van der Waals surface area contributed by atoms with E-state index in [9.17, 15) is 9.59 Å². The van der Waals surface area contributed by atoms with Gasteiger partial charge >= 0.3 is 0 Å². The molecule has 0 aromatic heterocycles. The monoisotopic (exact) mass is 378 g/mol. The van der Waals surface area contributed by atoms with Crippen LogP contribution in [-0.2, 0) is 10.2 Å². The number of nitrogens with one attached hydrogen (secondary N) is 2. The highest BCUT2D eigenvalue weighted by atomic mass is 16.2. The summed E-state index contributed by atoms with van der Waals surface area (Å²) in [7, 11) is 0. The zero-order valence-electron chi connectivity index (χ0n) is 17.0. The summed E-state index contributed by atoms with van der Waals surface area (Å²) < 4.78 is 0. The van der Waals surface area contributed by atoms with E-state index >= 15 is 0 Å². The predicted octanol–water partition coefficient (Wildman–Crippen LogP) is 3.99. The molecule has 148 valence electrons. The third-order valence-electron chi connectivity index (χ3n) is 5.81. The Bertz CT molecular complexity index is 826. The second-order valence-electron chi connectivity index (χ2n) is 8.28. The Hall–Kier alpha value is -2.62. The van der Waals surface area contributed by atoms with E-state index in [4.69, 9.17) is 0 Å². The highest BCUT2D eigenvalue weighted by molar-refractivity contribution is 5.97. The molecule has 0 spiro atoms. The average Bonchev–Trinajstić information content (AvgIpc) is 2.65. The number of rotatable bonds is 7. The molecule has 0 saturated heterocycles. The van der Waals surface area contributed by atoms with Gasteiger partial charge in [0.2, 0.25) is 5.91 Å². The van der Waals surface area contributed by atoms with Crippen molar-refractivity contribution in [3.8, 4) is 0 Å². The van der Waals surface area contributed by atoms with Gasteiger partial charge in [-0.15, -0.1) is 0 Å². The van der Waals surface area contributed by atoms with Gasteiger partial charge in [-0.05, 0) is 43.4 Å². The van der Waals surface area contributed by atoms with Crippen molar-refractivity contribution < 1.29 is 9.59 Å². The van der Waals surface area contributed by atoms with Crippen molar-refractivity contribution in [3.63, 3.8) is 0 Å². The summed E-state index contributed by atoms with van der Waals surface area (Å²) >= 11 is 0. The molecule has 0 bridgehead atoms. The van der Waals surface area contributed by atoms with Gasteiger partial charge in [0.15, 0.2) is 0 Å². The van der Waals surface area contributed by atoms with E-state index in [0.717, 1.165) is 18.4 Å². The molecule has 2 amide bonds. The largest absolute Gasteiger partial charge is 0.353 e. The molecule has 2 aromatic rings. The minimum absolute atomic E-state index is 0.00262. The maximum atomic E-state index is 12.9. The molecule has 1 saturated carbocycles. The van der Waals surface area contributed by atoms with Crippen LogP contribution >= 0.6 is 0 Å². The summed E-state index contributed by atoms with van der Waals surface area (Å²) in [5.74, 6) is -0.319. The van der Waals surface area contributed by atoms with Crippen molar-refractivity contribution in [1.29, 1.82) is 0 Å². The second kappa shape index (κ2) is 8.59. The zero-order chi connectivity index (χ0) is 20.1. The van der Waals surface area contributed by atoms with Gasteiger partial charge in [-0.3, -0.25) is 9.59 Å². The minimum atomic E-state index is -0.555. The Morgan fingerprint density at radius 2 is 1.75 bits per heavy atom. The first kappa shape index (κ1) is 20.1. The van der Waals surface area contributed by atoms with Crippen LogP contribution in [0.4, 0.5) is 0 Å². The van der Waals surface area contributed by atoms with E-state index in [1.165, 1.54) is 12.0 Å². The molecule has 0 aliphatic heterocycles. The molecule has 2 N–H and O–H groups in total. The lowest BCUT2D eigenvalue weighted by Gasteiger charge is -2.43. The van der Waals surface area contributed by atoms with E-state index in [-0.39, 0.29) is 23.1 Å². The van der Waals surface area contributed by atoms with Crippen LogP contribution in [0.2, 0.25) is 0 Å². The fourth-order valence-corrected chi connectivity index (χ4v) is 3.87. The number of aryl methyl sites for hydroxylation is 1. The number of benzene rings is 2. The zero-order valence-corrected chi connectivity index (χ0v) is 17.0. The molecule has 4 nitrogen and oxygen atoms in total. The standard InChI is InChI=1S/C24H30N2O2/c1-17(2)21(26-22(27)19-10-7-9-18(3)15-19)23(28)25-16-24(13-8-14-24)20-11-5-4-6-12-20/h4-7,9-12,15,17,21H,8,13-14,16H2,1-3H3,(H,25,28)(H,26,27). The lowest BCUT2D eigenvalue weighted by Crippen LogP contribution is -2.53. The first-order valence-corrected chi connectivity index (χ1v) is 10.1. The number of amides is 2. The molecule has 28 heavy (non-hydrogen) atoms. The highest BCUT2D eigenvalue weighted by Crippen LogP contribution is 2.43. The molecule has 3 rings (SSSR count). The van der Waals surface area contributed by atoms with E-state index in [1.807, 2.05) is 45.0 Å². The third kappa shape index (κ3) is 4.44. The van der Waals surface area contributed by atoms with Crippen LogP contribution in [0.25, 0.3) is 0 Å². The Morgan fingerprint density at radius 1 is 1.04 bits per heavy atom. The van der Waals surface area contributed by atoms with Crippen molar-refractivity contribution in [2.75, 3.05) is 6.54 Å². The summed E-state index contributed by atoms with van der Waals surface area (Å²) in [6.07, 6.45) is 3.35. The van der Waals surface area contributed by atoms with Crippen LogP contribution in [0.3, 0.4) is 0 Å². The SMILES string of the molecule is Cc1cccc(C(=O)NC(C(=O)NCC2(c3ccccc3)CCC2)C(C)C)c1. The maximum Gasteiger partial charge on any atom is 0.251 e. The molecule has 0 radical (unpaired) electrons. The van der Waals surface area contributed by atoms with E-state index in [1.54, 1.807) is 6.07 Å². The van der Waals surface area contributed by atoms with Crippen LogP contribution in [0.5, 0.6) is 0 Å². The van der Waals surface area contributed by atoms with Gasteiger partial charge in [-0.25, -0.2) is 0 Å². The van der Waals surface area contributed by atoms with Crippen LogP contribution in [-0.4, -0.2) is 24.4 Å². The third-order valence-corrected chi connectivity index (χ3v) is 5.81. The number of carbonyl (C=O) groups excluding carboxylic acids is 2. The van der Waals surface area contributed by atoms with Crippen molar-refractivity contribution in [2.24, 2.45) is 5.92 Å². The number of hydrogen-bond acceptors (Lipinski definition) is 2. The molecule has 1 atom stereocenters. The Balaban J connectivity index is 1.65. The number of hydrogen-bond donors (Lipinski definition) is 2. The highest BCUT2D eigenvalue weighted by Gasteiger charge is 2.39. The van der Waals surface area contributed by atoms with Crippen LogP contribution in [0, 0.1) is 12.8 Å². The van der Waals surface area contributed by atoms with Crippen molar-refractivity contribution >= 4 is 11.8 Å². The fraction of sp³-hybridized carbons (Fsp3) is 0.417. The molecule has 2 aromatic carbocycles. The fourth-order valence-electron chi connectivity index (χ4n) is 3.87. The molecular formula is C24H30N2O2. The van der Waals surface area contributed by atoms with Crippen molar-refractivity contribution in [1.82, 2.24) is 10.6 Å². The summed E-state index contributed by atoms with van der Waals surface area (Å²) in [6.45, 7) is 6.47. The second-order valence-corrected chi connectivity index (χ2v) is 8.28. The molecule has 1 aliphatic rings. The van der Waals surface area contributed by atoms with E-state index < -0.39 is 6.04 Å². The van der Waals surface area contributed by atoms with Gasteiger partial charge in [0.1, 0.15) is 6.04 Å². The Morgan fingerprint density at radius 3 is 2.32 bits per heavy atom. The lowest BCUT2D eigenvalue weighted by atomic mass is 9.64. The maximum absolute atomic E-state index is 12.9. The van der Waals surface area contributed by atoms with Crippen LogP contribution < -0.4 is 10.6 Å². The first-order valence-electron chi connectivity index (χ1n) is 10.1. The van der Waals surface area contributed by atoms with E-state index in [0.29, 0.717) is 12.1 Å². The number of carbonyl (C=O) groups is 2. The van der Waals surface area contributed by atoms with Gasteiger partial charge in [0.05, 0.1) is 0 Å². The lowest BCUT2D eigenvalue weighted by molar-refractivity contribution is -0.124. The Labute approximate surface area is 167 Å². The van der Waals surface area contributed by atoms with E-state index in [2.05, 4.69) is 34.9 Å². The van der Waals surface area contributed by atoms with Gasteiger partial charge in [0.25, 0.3) is 5.91 Å².